The monoisotopic (exact) mass is 302 g/mol. The van der Waals surface area contributed by atoms with Crippen LogP contribution in [-0.4, -0.2) is 28.3 Å². The van der Waals surface area contributed by atoms with Gasteiger partial charge in [-0.3, -0.25) is 5.10 Å². The van der Waals surface area contributed by atoms with Crippen molar-refractivity contribution in [2.24, 2.45) is 0 Å². The molecule has 0 fully saturated rings. The molecule has 0 unspecified atom stereocenters. The first-order valence-electron chi connectivity index (χ1n) is 5.93. The normalized spacial score (nSPS) is 11.0. The zero-order valence-electron chi connectivity index (χ0n) is 10.4. The Bertz CT molecular complexity index is 536. The summed E-state index contributed by atoms with van der Waals surface area (Å²) in [7, 11) is 0. The molecular weight excluding hydrogens is 290 g/mol. The molecule has 1 aromatic carbocycles. The zero-order valence-corrected chi connectivity index (χ0v) is 11.2. The number of ether oxygens (including phenoxy) is 1. The number of hydrogen-bond donors (Lipinski definition) is 2. The van der Waals surface area contributed by atoms with Crippen LogP contribution in [0.2, 0.25) is 5.02 Å². The number of rotatable bonds is 7. The highest BCUT2D eigenvalue weighted by Gasteiger charge is 2.10. The van der Waals surface area contributed by atoms with Crippen molar-refractivity contribution in [2.45, 2.75) is 19.6 Å². The Kier molecular flexibility index (Phi) is 5.25. The van der Waals surface area contributed by atoms with E-state index in [1.54, 1.807) is 6.07 Å². The molecule has 0 bridgehead atoms. The lowest BCUT2D eigenvalue weighted by atomic mass is 10.2. The first kappa shape index (κ1) is 14.7. The Balaban J connectivity index is 1.88. The van der Waals surface area contributed by atoms with Crippen LogP contribution in [0.15, 0.2) is 24.5 Å². The molecule has 108 valence electrons. The summed E-state index contributed by atoms with van der Waals surface area (Å²) in [5.41, 5.74) is 0.579. The van der Waals surface area contributed by atoms with Gasteiger partial charge in [0.2, 0.25) is 0 Å². The largest absolute Gasteiger partial charge is 0.434 e. The maximum atomic E-state index is 12.3. The van der Waals surface area contributed by atoms with Crippen LogP contribution in [0.1, 0.15) is 11.4 Å². The summed E-state index contributed by atoms with van der Waals surface area (Å²) in [5.74, 6) is 0.879. The Hall–Kier alpha value is -1.73. The second-order valence-corrected chi connectivity index (χ2v) is 4.43. The molecule has 0 aliphatic rings. The van der Waals surface area contributed by atoms with Crippen molar-refractivity contribution >= 4 is 11.6 Å². The fourth-order valence-electron chi connectivity index (χ4n) is 1.68. The van der Waals surface area contributed by atoms with Gasteiger partial charge in [0.1, 0.15) is 17.9 Å². The van der Waals surface area contributed by atoms with Crippen molar-refractivity contribution in [3.05, 3.63) is 40.9 Å². The summed E-state index contributed by atoms with van der Waals surface area (Å²) in [6, 6.07) is 4.54. The van der Waals surface area contributed by atoms with Crippen LogP contribution in [0.25, 0.3) is 0 Å². The van der Waals surface area contributed by atoms with Gasteiger partial charge in [-0.15, -0.1) is 0 Å². The number of nitrogens with one attached hydrogen (secondary N) is 2. The molecule has 0 atom stereocenters. The Morgan fingerprint density at radius 2 is 2.25 bits per heavy atom. The van der Waals surface area contributed by atoms with Gasteiger partial charge >= 0.3 is 6.61 Å². The number of halogens is 3. The van der Waals surface area contributed by atoms with E-state index in [-0.39, 0.29) is 5.75 Å². The summed E-state index contributed by atoms with van der Waals surface area (Å²) in [5, 5.41) is 10.0. The lowest BCUT2D eigenvalue weighted by molar-refractivity contribution is -0.0504. The molecule has 2 aromatic rings. The molecule has 0 radical (unpaired) electrons. The molecule has 2 rings (SSSR count). The van der Waals surface area contributed by atoms with Gasteiger partial charge in [-0.2, -0.15) is 13.9 Å². The molecule has 0 amide bonds. The smallest absolute Gasteiger partial charge is 0.387 e. The summed E-state index contributed by atoms with van der Waals surface area (Å²) in [4.78, 5) is 3.98. The van der Waals surface area contributed by atoms with E-state index in [0.717, 1.165) is 5.82 Å². The standard InChI is InChI=1S/C12H13ClF2N4O/c13-9-1-2-10(20-12(14)15)8(5-9)6-16-4-3-11-17-7-18-19-11/h1-2,5,7,12,16H,3-4,6H2,(H,17,18,19). The van der Waals surface area contributed by atoms with Gasteiger partial charge in [0, 0.05) is 30.1 Å². The van der Waals surface area contributed by atoms with E-state index in [4.69, 9.17) is 11.6 Å². The first-order valence-corrected chi connectivity index (χ1v) is 6.31. The van der Waals surface area contributed by atoms with Crippen molar-refractivity contribution < 1.29 is 13.5 Å². The molecule has 0 saturated carbocycles. The predicted octanol–water partition coefficient (Wildman–Crippen LogP) is 2.39. The van der Waals surface area contributed by atoms with E-state index in [2.05, 4.69) is 25.2 Å². The molecule has 20 heavy (non-hydrogen) atoms. The topological polar surface area (TPSA) is 62.8 Å². The molecule has 0 aliphatic carbocycles. The third-order valence-corrected chi connectivity index (χ3v) is 2.79. The second-order valence-electron chi connectivity index (χ2n) is 3.99. The van der Waals surface area contributed by atoms with E-state index in [1.807, 2.05) is 0 Å². The number of hydrogen-bond acceptors (Lipinski definition) is 4. The molecule has 0 aliphatic heterocycles. The lowest BCUT2D eigenvalue weighted by Gasteiger charge is -2.11. The fourth-order valence-corrected chi connectivity index (χ4v) is 1.87. The molecule has 0 saturated heterocycles. The van der Waals surface area contributed by atoms with Gasteiger partial charge in [0.15, 0.2) is 0 Å². The van der Waals surface area contributed by atoms with Crippen LogP contribution < -0.4 is 10.1 Å². The summed E-state index contributed by atoms with van der Waals surface area (Å²) >= 11 is 5.85. The van der Waals surface area contributed by atoms with E-state index in [1.165, 1.54) is 18.5 Å². The molecule has 0 spiro atoms. The average molecular weight is 303 g/mol. The minimum atomic E-state index is -2.86. The van der Waals surface area contributed by atoms with Crippen molar-refractivity contribution in [2.75, 3.05) is 6.54 Å². The molecule has 8 heteroatoms. The maximum Gasteiger partial charge on any atom is 0.387 e. The number of alkyl halides is 2. The zero-order chi connectivity index (χ0) is 14.4. The number of H-pyrrole nitrogens is 1. The van der Waals surface area contributed by atoms with Crippen LogP contribution in [0.4, 0.5) is 8.78 Å². The van der Waals surface area contributed by atoms with Crippen LogP contribution in [-0.2, 0) is 13.0 Å². The van der Waals surface area contributed by atoms with Gasteiger partial charge in [-0.1, -0.05) is 11.6 Å². The quantitative estimate of drug-likeness (QED) is 0.771. The Morgan fingerprint density at radius 3 is 2.95 bits per heavy atom. The predicted molar refractivity (Wildman–Crippen MR) is 69.9 cm³/mol. The van der Waals surface area contributed by atoms with Crippen LogP contribution in [0.5, 0.6) is 5.75 Å². The van der Waals surface area contributed by atoms with E-state index in [0.29, 0.717) is 30.1 Å². The maximum absolute atomic E-state index is 12.3. The van der Waals surface area contributed by atoms with Gasteiger partial charge in [-0.05, 0) is 18.2 Å². The first-order chi connectivity index (χ1) is 9.65. The van der Waals surface area contributed by atoms with E-state index in [9.17, 15) is 8.78 Å². The molecule has 5 nitrogen and oxygen atoms in total. The number of aromatic nitrogens is 3. The summed E-state index contributed by atoms with van der Waals surface area (Å²) in [6.07, 6.45) is 2.09. The van der Waals surface area contributed by atoms with Crippen LogP contribution >= 0.6 is 11.6 Å². The van der Waals surface area contributed by atoms with E-state index >= 15 is 0 Å². The molecule has 1 heterocycles. The van der Waals surface area contributed by atoms with Gasteiger partial charge in [-0.25, -0.2) is 4.98 Å². The van der Waals surface area contributed by atoms with Gasteiger partial charge in [0.05, 0.1) is 0 Å². The number of aromatic amines is 1. The van der Waals surface area contributed by atoms with Gasteiger partial charge < -0.3 is 10.1 Å². The van der Waals surface area contributed by atoms with Crippen molar-refractivity contribution in [1.82, 2.24) is 20.5 Å². The molecule has 1 aromatic heterocycles. The third kappa shape index (κ3) is 4.43. The SMILES string of the molecule is FC(F)Oc1ccc(Cl)cc1CNCCc1ncn[nH]1. The second kappa shape index (κ2) is 7.16. The Labute approximate surface area is 119 Å². The van der Waals surface area contributed by atoms with Crippen LogP contribution in [0.3, 0.4) is 0 Å². The van der Waals surface area contributed by atoms with Crippen molar-refractivity contribution in [3.8, 4) is 5.75 Å². The number of nitrogens with zero attached hydrogens (tertiary/aromatic N) is 2. The number of benzene rings is 1. The minimum absolute atomic E-state index is 0.122. The van der Waals surface area contributed by atoms with Crippen LogP contribution in [0, 0.1) is 0 Å². The lowest BCUT2D eigenvalue weighted by Crippen LogP contribution is -2.18. The minimum Gasteiger partial charge on any atom is -0.434 e. The van der Waals surface area contributed by atoms with Crippen molar-refractivity contribution in [3.63, 3.8) is 0 Å². The highest BCUT2D eigenvalue weighted by molar-refractivity contribution is 6.30. The summed E-state index contributed by atoms with van der Waals surface area (Å²) < 4.78 is 29.0. The van der Waals surface area contributed by atoms with Crippen molar-refractivity contribution in [1.29, 1.82) is 0 Å². The highest BCUT2D eigenvalue weighted by Crippen LogP contribution is 2.24. The third-order valence-electron chi connectivity index (χ3n) is 2.56. The fraction of sp³-hybridized carbons (Fsp3) is 0.333. The van der Waals surface area contributed by atoms with E-state index < -0.39 is 6.61 Å². The molecule has 2 N–H and O–H groups in total. The van der Waals surface area contributed by atoms with Gasteiger partial charge in [0.25, 0.3) is 0 Å². The Morgan fingerprint density at radius 1 is 1.40 bits per heavy atom. The average Bonchev–Trinajstić information content (AvgIpc) is 2.90. The molecular formula is C12H13ClF2N4O. The highest BCUT2D eigenvalue weighted by atomic mass is 35.5. The summed E-state index contributed by atoms with van der Waals surface area (Å²) in [6.45, 7) is -1.86.